The minimum absolute atomic E-state index is 0.509. The summed E-state index contributed by atoms with van der Waals surface area (Å²) in [4.78, 5) is 8.32. The van der Waals surface area contributed by atoms with Crippen molar-refractivity contribution in [3.8, 4) is 0 Å². The number of pyridine rings is 2. The van der Waals surface area contributed by atoms with Crippen LogP contribution in [-0.4, -0.2) is 15.1 Å². The van der Waals surface area contributed by atoms with E-state index < -0.39 is 6.10 Å². The highest BCUT2D eigenvalue weighted by atomic mass is 16.3. The zero-order chi connectivity index (χ0) is 12.3. The third-order valence-corrected chi connectivity index (χ3v) is 2.80. The van der Waals surface area contributed by atoms with Gasteiger partial charge >= 0.3 is 0 Å². The fourth-order valence-electron chi connectivity index (χ4n) is 1.90. The number of hydrogen-bond acceptors (Lipinski definition) is 3. The van der Waals surface area contributed by atoms with E-state index in [0.717, 1.165) is 22.5 Å². The van der Waals surface area contributed by atoms with Gasteiger partial charge in [-0.15, -0.1) is 0 Å². The minimum Gasteiger partial charge on any atom is -0.388 e. The molecule has 2 rings (SSSR count). The Morgan fingerprint density at radius 1 is 1.12 bits per heavy atom. The summed E-state index contributed by atoms with van der Waals surface area (Å²) in [5.41, 5.74) is 3.84. The van der Waals surface area contributed by atoms with Crippen molar-refractivity contribution in [2.45, 2.75) is 26.4 Å². The van der Waals surface area contributed by atoms with Crippen molar-refractivity contribution in [3.05, 3.63) is 59.2 Å². The molecule has 0 spiro atoms. The van der Waals surface area contributed by atoms with Gasteiger partial charge in [0.05, 0.1) is 6.10 Å². The molecule has 0 radical (unpaired) electrons. The summed E-state index contributed by atoms with van der Waals surface area (Å²) in [5.74, 6) is 0. The van der Waals surface area contributed by atoms with E-state index in [0.29, 0.717) is 6.42 Å². The van der Waals surface area contributed by atoms with Crippen LogP contribution in [0, 0.1) is 13.8 Å². The van der Waals surface area contributed by atoms with E-state index in [4.69, 9.17) is 0 Å². The highest BCUT2D eigenvalue weighted by molar-refractivity contribution is 5.26. The lowest BCUT2D eigenvalue weighted by Gasteiger charge is -2.13. The number of rotatable bonds is 3. The summed E-state index contributed by atoms with van der Waals surface area (Å²) in [7, 11) is 0. The molecule has 0 aliphatic carbocycles. The number of aryl methyl sites for hydroxylation is 2. The SMILES string of the molecule is Cc1ccc(C(O)Cc2ccncc2)c(C)n1. The van der Waals surface area contributed by atoms with E-state index in [1.165, 1.54) is 0 Å². The van der Waals surface area contributed by atoms with Gasteiger partial charge in [-0.2, -0.15) is 0 Å². The second-order valence-electron chi connectivity index (χ2n) is 4.20. The lowest BCUT2D eigenvalue weighted by molar-refractivity contribution is 0.177. The molecule has 3 nitrogen and oxygen atoms in total. The lowest BCUT2D eigenvalue weighted by atomic mass is 10.0. The molecule has 88 valence electrons. The Kier molecular flexibility index (Phi) is 3.49. The summed E-state index contributed by atoms with van der Waals surface area (Å²) in [6, 6.07) is 7.71. The van der Waals surface area contributed by atoms with Crippen LogP contribution < -0.4 is 0 Å². The first-order chi connectivity index (χ1) is 8.16. The fourth-order valence-corrected chi connectivity index (χ4v) is 1.90. The molecule has 2 heterocycles. The molecule has 0 fully saturated rings. The molecule has 0 aliphatic rings. The van der Waals surface area contributed by atoms with E-state index >= 15 is 0 Å². The van der Waals surface area contributed by atoms with E-state index in [1.807, 2.05) is 38.1 Å². The van der Waals surface area contributed by atoms with Gasteiger partial charge in [0.15, 0.2) is 0 Å². The summed E-state index contributed by atoms with van der Waals surface area (Å²) >= 11 is 0. The van der Waals surface area contributed by atoms with Gasteiger partial charge in [0.2, 0.25) is 0 Å². The van der Waals surface area contributed by atoms with Crippen LogP contribution in [0.25, 0.3) is 0 Å². The second-order valence-corrected chi connectivity index (χ2v) is 4.20. The molecule has 0 amide bonds. The first kappa shape index (κ1) is 11.7. The van der Waals surface area contributed by atoms with Crippen LogP contribution >= 0.6 is 0 Å². The maximum absolute atomic E-state index is 10.2. The number of aliphatic hydroxyl groups excluding tert-OH is 1. The Morgan fingerprint density at radius 3 is 2.47 bits per heavy atom. The Hall–Kier alpha value is -1.74. The van der Waals surface area contributed by atoms with E-state index in [9.17, 15) is 5.11 Å². The molecule has 0 saturated heterocycles. The molecule has 2 aromatic heterocycles. The third-order valence-electron chi connectivity index (χ3n) is 2.80. The van der Waals surface area contributed by atoms with Crippen molar-refractivity contribution < 1.29 is 5.11 Å². The Balaban J connectivity index is 2.17. The third kappa shape index (κ3) is 2.88. The van der Waals surface area contributed by atoms with Gasteiger partial charge in [-0.3, -0.25) is 9.97 Å². The van der Waals surface area contributed by atoms with Gasteiger partial charge in [-0.25, -0.2) is 0 Å². The van der Waals surface area contributed by atoms with Gasteiger partial charge < -0.3 is 5.11 Å². The highest BCUT2D eigenvalue weighted by Crippen LogP contribution is 2.20. The molecular formula is C14H16N2O. The van der Waals surface area contributed by atoms with Crippen molar-refractivity contribution in [3.63, 3.8) is 0 Å². The maximum Gasteiger partial charge on any atom is 0.0847 e. The minimum atomic E-state index is -0.509. The number of aliphatic hydroxyl groups is 1. The number of hydrogen-bond donors (Lipinski definition) is 1. The van der Waals surface area contributed by atoms with Crippen LogP contribution in [-0.2, 0) is 6.42 Å². The van der Waals surface area contributed by atoms with Gasteiger partial charge in [0, 0.05) is 35.8 Å². The standard InChI is InChI=1S/C14H16N2O/c1-10-3-4-13(11(2)16-10)14(17)9-12-5-7-15-8-6-12/h3-8,14,17H,9H2,1-2H3. The van der Waals surface area contributed by atoms with Crippen molar-refractivity contribution in [2.75, 3.05) is 0 Å². The molecule has 0 aromatic carbocycles. The van der Waals surface area contributed by atoms with Crippen molar-refractivity contribution in [1.29, 1.82) is 0 Å². The monoisotopic (exact) mass is 228 g/mol. The summed E-state index contributed by atoms with van der Waals surface area (Å²) in [6.07, 6.45) is 3.56. The van der Waals surface area contributed by atoms with Gasteiger partial charge in [-0.1, -0.05) is 6.07 Å². The Bertz CT molecular complexity index is 497. The normalized spacial score (nSPS) is 12.4. The number of nitrogens with zero attached hydrogens (tertiary/aromatic N) is 2. The molecule has 0 bridgehead atoms. The van der Waals surface area contributed by atoms with Crippen LogP contribution in [0.4, 0.5) is 0 Å². The summed E-state index contributed by atoms with van der Waals surface area (Å²) in [6.45, 7) is 3.88. The van der Waals surface area contributed by atoms with Crippen LogP contribution in [0.5, 0.6) is 0 Å². The topological polar surface area (TPSA) is 46.0 Å². The lowest BCUT2D eigenvalue weighted by Crippen LogP contribution is -2.05. The van der Waals surface area contributed by atoms with Crippen LogP contribution in [0.1, 0.15) is 28.6 Å². The molecule has 1 N–H and O–H groups in total. The summed E-state index contributed by atoms with van der Waals surface area (Å²) in [5, 5.41) is 10.2. The average Bonchev–Trinajstić information content (AvgIpc) is 2.30. The highest BCUT2D eigenvalue weighted by Gasteiger charge is 2.11. The molecule has 17 heavy (non-hydrogen) atoms. The fraction of sp³-hybridized carbons (Fsp3) is 0.286. The smallest absolute Gasteiger partial charge is 0.0847 e. The first-order valence-electron chi connectivity index (χ1n) is 5.68. The summed E-state index contributed by atoms with van der Waals surface area (Å²) < 4.78 is 0. The average molecular weight is 228 g/mol. The van der Waals surface area contributed by atoms with Gasteiger partial charge in [0.25, 0.3) is 0 Å². The van der Waals surface area contributed by atoms with E-state index in [2.05, 4.69) is 9.97 Å². The van der Waals surface area contributed by atoms with E-state index in [-0.39, 0.29) is 0 Å². The zero-order valence-corrected chi connectivity index (χ0v) is 10.1. The van der Waals surface area contributed by atoms with Crippen molar-refractivity contribution in [1.82, 2.24) is 9.97 Å². The zero-order valence-electron chi connectivity index (χ0n) is 10.1. The van der Waals surface area contributed by atoms with Crippen LogP contribution in [0.15, 0.2) is 36.7 Å². The molecule has 0 aliphatic heterocycles. The predicted octanol–water partition coefficient (Wildman–Crippen LogP) is 2.37. The van der Waals surface area contributed by atoms with Crippen LogP contribution in [0.2, 0.25) is 0 Å². The van der Waals surface area contributed by atoms with Crippen molar-refractivity contribution >= 4 is 0 Å². The van der Waals surface area contributed by atoms with Gasteiger partial charge in [-0.05, 0) is 37.6 Å². The molecule has 2 aromatic rings. The largest absolute Gasteiger partial charge is 0.388 e. The Morgan fingerprint density at radius 2 is 1.82 bits per heavy atom. The predicted molar refractivity (Wildman–Crippen MR) is 66.6 cm³/mol. The first-order valence-corrected chi connectivity index (χ1v) is 5.68. The number of aromatic nitrogens is 2. The second kappa shape index (κ2) is 5.06. The van der Waals surface area contributed by atoms with Crippen molar-refractivity contribution in [2.24, 2.45) is 0 Å². The quantitative estimate of drug-likeness (QED) is 0.877. The Labute approximate surface area is 101 Å². The van der Waals surface area contributed by atoms with Gasteiger partial charge in [0.1, 0.15) is 0 Å². The van der Waals surface area contributed by atoms with E-state index in [1.54, 1.807) is 12.4 Å². The maximum atomic E-state index is 10.2. The van der Waals surface area contributed by atoms with Crippen LogP contribution in [0.3, 0.4) is 0 Å². The molecule has 3 heteroatoms. The molecular weight excluding hydrogens is 212 g/mol. The molecule has 1 atom stereocenters. The molecule has 1 unspecified atom stereocenters. The molecule has 0 saturated carbocycles.